The monoisotopic (exact) mass is 174 g/mol. The van der Waals surface area contributed by atoms with Crippen LogP contribution in [-0.4, -0.2) is 16.5 Å². The van der Waals surface area contributed by atoms with Crippen LogP contribution in [0, 0.1) is 11.8 Å². The minimum atomic E-state index is -1.12. The Hall–Kier alpha value is -0.0800. The summed E-state index contributed by atoms with van der Waals surface area (Å²) in [5, 5.41) is 17.3. The van der Waals surface area contributed by atoms with E-state index >= 15 is 0 Å². The minimum Gasteiger partial charge on any atom is -0.368 e. The number of aliphatic hydroxyl groups excluding tert-OH is 1. The van der Waals surface area contributed by atoms with Crippen LogP contribution in [0.15, 0.2) is 0 Å². The second-order valence-corrected chi connectivity index (χ2v) is 4.13. The Morgan fingerprint density at radius 1 is 0.833 bits per heavy atom. The first kappa shape index (κ1) is 11.9. The van der Waals surface area contributed by atoms with Crippen LogP contribution in [0.5, 0.6) is 0 Å². The summed E-state index contributed by atoms with van der Waals surface area (Å²) in [5.41, 5.74) is 0. The third-order valence-corrected chi connectivity index (χ3v) is 2.15. The van der Waals surface area contributed by atoms with Crippen molar-refractivity contribution in [3.05, 3.63) is 0 Å². The molecule has 2 heteroatoms. The van der Waals surface area contributed by atoms with Crippen molar-refractivity contribution < 1.29 is 10.2 Å². The normalized spacial score (nSPS) is 14.2. The van der Waals surface area contributed by atoms with Gasteiger partial charge in [-0.1, -0.05) is 33.6 Å². The van der Waals surface area contributed by atoms with Gasteiger partial charge in [0.05, 0.1) is 0 Å². The highest BCUT2D eigenvalue weighted by Crippen LogP contribution is 2.16. The van der Waals surface area contributed by atoms with E-state index in [0.29, 0.717) is 12.3 Å². The molecule has 0 heterocycles. The standard InChI is InChI=1S/C10H22O2/c1-8(2)4-5-9(3)6-7-10(11)12/h8-12H,4-7H2,1-3H3. The molecule has 0 saturated carbocycles. The zero-order valence-corrected chi connectivity index (χ0v) is 8.45. The lowest BCUT2D eigenvalue weighted by atomic mass is 9.95. The molecule has 0 aliphatic heterocycles. The van der Waals surface area contributed by atoms with E-state index in [0.717, 1.165) is 12.3 Å². The van der Waals surface area contributed by atoms with Crippen molar-refractivity contribution in [2.45, 2.75) is 52.7 Å². The molecule has 0 aromatic carbocycles. The summed E-state index contributed by atoms with van der Waals surface area (Å²) in [6.07, 6.45) is 2.75. The third-order valence-electron chi connectivity index (χ3n) is 2.15. The van der Waals surface area contributed by atoms with Crippen LogP contribution in [-0.2, 0) is 0 Å². The first-order chi connectivity index (χ1) is 5.52. The van der Waals surface area contributed by atoms with Gasteiger partial charge in [-0.05, 0) is 24.7 Å². The number of aliphatic hydroxyl groups is 2. The fourth-order valence-electron chi connectivity index (χ4n) is 1.20. The van der Waals surface area contributed by atoms with Crippen molar-refractivity contribution >= 4 is 0 Å². The van der Waals surface area contributed by atoms with Crippen molar-refractivity contribution in [1.29, 1.82) is 0 Å². The van der Waals surface area contributed by atoms with Gasteiger partial charge in [-0.15, -0.1) is 0 Å². The molecule has 0 spiro atoms. The zero-order chi connectivity index (χ0) is 9.56. The van der Waals surface area contributed by atoms with E-state index in [1.807, 2.05) is 0 Å². The van der Waals surface area contributed by atoms with Crippen molar-refractivity contribution in [3.8, 4) is 0 Å². The van der Waals surface area contributed by atoms with Gasteiger partial charge in [0.2, 0.25) is 0 Å². The Kier molecular flexibility index (Phi) is 6.39. The lowest BCUT2D eigenvalue weighted by Crippen LogP contribution is -2.07. The molecule has 0 rings (SSSR count). The maximum atomic E-state index is 8.63. The van der Waals surface area contributed by atoms with Gasteiger partial charge in [0.25, 0.3) is 0 Å². The van der Waals surface area contributed by atoms with Gasteiger partial charge in [0, 0.05) is 0 Å². The fourth-order valence-corrected chi connectivity index (χ4v) is 1.20. The molecule has 12 heavy (non-hydrogen) atoms. The highest BCUT2D eigenvalue weighted by molar-refractivity contribution is 4.56. The molecule has 1 atom stereocenters. The van der Waals surface area contributed by atoms with Crippen LogP contribution in [0.2, 0.25) is 0 Å². The number of hydrogen-bond acceptors (Lipinski definition) is 2. The lowest BCUT2D eigenvalue weighted by molar-refractivity contribution is -0.0487. The fraction of sp³-hybridized carbons (Fsp3) is 1.00. The topological polar surface area (TPSA) is 40.5 Å². The van der Waals surface area contributed by atoms with E-state index in [4.69, 9.17) is 10.2 Å². The van der Waals surface area contributed by atoms with E-state index in [2.05, 4.69) is 20.8 Å². The van der Waals surface area contributed by atoms with Gasteiger partial charge in [-0.3, -0.25) is 0 Å². The molecule has 2 N–H and O–H groups in total. The van der Waals surface area contributed by atoms with E-state index in [1.165, 1.54) is 12.8 Å². The average molecular weight is 174 g/mol. The quantitative estimate of drug-likeness (QED) is 0.606. The second-order valence-electron chi connectivity index (χ2n) is 4.13. The first-order valence-corrected chi connectivity index (χ1v) is 4.88. The average Bonchev–Trinajstić information content (AvgIpc) is 1.96. The van der Waals surface area contributed by atoms with Crippen molar-refractivity contribution in [1.82, 2.24) is 0 Å². The second kappa shape index (κ2) is 6.44. The molecule has 0 aromatic heterocycles. The highest BCUT2D eigenvalue weighted by atomic mass is 16.5. The van der Waals surface area contributed by atoms with Gasteiger partial charge >= 0.3 is 0 Å². The predicted octanol–water partition coefficient (Wildman–Crippen LogP) is 2.15. The Bertz CT molecular complexity index is 88.0. The van der Waals surface area contributed by atoms with E-state index in [-0.39, 0.29) is 0 Å². The molecule has 0 aromatic rings. The van der Waals surface area contributed by atoms with Crippen LogP contribution >= 0.6 is 0 Å². The van der Waals surface area contributed by atoms with Crippen molar-refractivity contribution in [2.24, 2.45) is 11.8 Å². The molecular formula is C10H22O2. The van der Waals surface area contributed by atoms with E-state index < -0.39 is 6.29 Å². The van der Waals surface area contributed by atoms with Crippen molar-refractivity contribution in [3.63, 3.8) is 0 Å². The van der Waals surface area contributed by atoms with Crippen LogP contribution in [0.25, 0.3) is 0 Å². The molecule has 0 saturated heterocycles. The predicted molar refractivity (Wildman–Crippen MR) is 50.7 cm³/mol. The van der Waals surface area contributed by atoms with Gasteiger partial charge < -0.3 is 10.2 Å². The maximum absolute atomic E-state index is 8.63. The maximum Gasteiger partial charge on any atom is 0.151 e. The summed E-state index contributed by atoms with van der Waals surface area (Å²) >= 11 is 0. The third kappa shape index (κ3) is 8.02. The molecule has 0 fully saturated rings. The van der Waals surface area contributed by atoms with E-state index in [9.17, 15) is 0 Å². The molecule has 74 valence electrons. The summed E-state index contributed by atoms with van der Waals surface area (Å²) in [6, 6.07) is 0. The summed E-state index contributed by atoms with van der Waals surface area (Å²) in [5.74, 6) is 1.38. The van der Waals surface area contributed by atoms with Gasteiger partial charge in [-0.2, -0.15) is 0 Å². The summed E-state index contributed by atoms with van der Waals surface area (Å²) in [4.78, 5) is 0. The smallest absolute Gasteiger partial charge is 0.151 e. The van der Waals surface area contributed by atoms with Gasteiger partial charge in [-0.25, -0.2) is 0 Å². The Labute approximate surface area is 75.6 Å². The minimum absolute atomic E-state index is 0.513. The van der Waals surface area contributed by atoms with Crippen LogP contribution in [0.4, 0.5) is 0 Å². The number of rotatable bonds is 6. The summed E-state index contributed by atoms with van der Waals surface area (Å²) < 4.78 is 0. The Morgan fingerprint density at radius 2 is 1.33 bits per heavy atom. The van der Waals surface area contributed by atoms with E-state index in [1.54, 1.807) is 0 Å². The molecule has 0 bridgehead atoms. The SMILES string of the molecule is CC(C)CCC(C)CCC(O)O. The Morgan fingerprint density at radius 3 is 1.75 bits per heavy atom. The van der Waals surface area contributed by atoms with Crippen LogP contribution < -0.4 is 0 Å². The lowest BCUT2D eigenvalue weighted by Gasteiger charge is -2.13. The van der Waals surface area contributed by atoms with Crippen LogP contribution in [0.1, 0.15) is 46.5 Å². The highest BCUT2D eigenvalue weighted by Gasteiger charge is 2.05. The zero-order valence-electron chi connectivity index (χ0n) is 8.45. The molecule has 2 nitrogen and oxygen atoms in total. The molecular weight excluding hydrogens is 152 g/mol. The summed E-state index contributed by atoms with van der Waals surface area (Å²) in [6.45, 7) is 6.60. The van der Waals surface area contributed by atoms with Crippen LogP contribution in [0.3, 0.4) is 0 Å². The molecule has 0 aliphatic rings. The van der Waals surface area contributed by atoms with Gasteiger partial charge in [0.15, 0.2) is 6.29 Å². The first-order valence-electron chi connectivity index (χ1n) is 4.88. The molecule has 1 unspecified atom stereocenters. The Balaban J connectivity index is 3.27. The van der Waals surface area contributed by atoms with Gasteiger partial charge in [0.1, 0.15) is 0 Å². The molecule has 0 amide bonds. The van der Waals surface area contributed by atoms with Crippen molar-refractivity contribution in [2.75, 3.05) is 0 Å². The number of hydrogen-bond donors (Lipinski definition) is 2. The largest absolute Gasteiger partial charge is 0.368 e. The molecule has 0 radical (unpaired) electrons. The summed E-state index contributed by atoms with van der Waals surface area (Å²) in [7, 11) is 0. The molecule has 0 aliphatic carbocycles.